The van der Waals surface area contributed by atoms with E-state index in [1.165, 1.54) is 12.3 Å². The number of carboxylic acid groups (broad SMARTS) is 1. The van der Waals surface area contributed by atoms with E-state index in [1.54, 1.807) is 0 Å². The summed E-state index contributed by atoms with van der Waals surface area (Å²) in [5, 5.41) is 11.8. The molecule has 34 heavy (non-hydrogen) atoms. The Morgan fingerprint density at radius 3 is 2.71 bits per heavy atom. The van der Waals surface area contributed by atoms with Gasteiger partial charge in [-0.1, -0.05) is 0 Å². The molecule has 0 radical (unpaired) electrons. The molecule has 3 fully saturated rings. The van der Waals surface area contributed by atoms with Crippen molar-refractivity contribution in [3.8, 4) is 11.3 Å². The maximum Gasteiger partial charge on any atom is 0.307 e. The zero-order valence-electron chi connectivity index (χ0n) is 19.5. The molecule has 0 amide bonds. The molecule has 3 aliphatic rings. The first kappa shape index (κ1) is 21.3. The number of aromatic amines is 1. The van der Waals surface area contributed by atoms with E-state index in [4.69, 9.17) is 4.98 Å². The Morgan fingerprint density at radius 2 is 1.97 bits per heavy atom. The van der Waals surface area contributed by atoms with Gasteiger partial charge in [-0.25, -0.2) is 9.37 Å². The van der Waals surface area contributed by atoms with E-state index < -0.39 is 5.97 Å². The lowest BCUT2D eigenvalue weighted by atomic mass is 9.57. The van der Waals surface area contributed by atoms with Gasteiger partial charge in [0.1, 0.15) is 11.5 Å². The second kappa shape index (κ2) is 7.93. The molecule has 4 aromatic heterocycles. The number of aromatic nitrogens is 4. The molecule has 0 spiro atoms. The monoisotopic (exact) mass is 460 g/mol. The summed E-state index contributed by atoms with van der Waals surface area (Å²) >= 11 is 0. The second-order valence-electron chi connectivity index (χ2n) is 10.4. The Bertz CT molecular complexity index is 1400. The molecule has 0 saturated heterocycles. The van der Waals surface area contributed by atoms with Crippen LogP contribution in [0.15, 0.2) is 36.8 Å². The number of fused-ring (bicyclic) bond motifs is 5. The molecular weight excluding hydrogens is 431 g/mol. The lowest BCUT2D eigenvalue weighted by Gasteiger charge is -2.47. The predicted octanol–water partition coefficient (Wildman–Crippen LogP) is 5.98. The minimum Gasteiger partial charge on any atom is -0.481 e. The van der Waals surface area contributed by atoms with Crippen LogP contribution in [0.1, 0.15) is 51.3 Å². The van der Waals surface area contributed by atoms with Crippen LogP contribution >= 0.6 is 0 Å². The van der Waals surface area contributed by atoms with Gasteiger partial charge in [-0.3, -0.25) is 9.78 Å². The van der Waals surface area contributed by atoms with Gasteiger partial charge in [0.2, 0.25) is 0 Å². The van der Waals surface area contributed by atoms with E-state index in [9.17, 15) is 14.3 Å². The largest absolute Gasteiger partial charge is 0.481 e. The molecule has 6 nitrogen and oxygen atoms in total. The average molecular weight is 461 g/mol. The van der Waals surface area contributed by atoms with Crippen molar-refractivity contribution in [2.24, 2.45) is 23.7 Å². The molecule has 3 aliphatic carbocycles. The molecule has 2 N–H and O–H groups in total. The normalized spacial score (nSPS) is 24.5. The zero-order valence-corrected chi connectivity index (χ0v) is 19.5. The van der Waals surface area contributed by atoms with E-state index in [2.05, 4.69) is 46.7 Å². The first-order valence-electron chi connectivity index (χ1n) is 12.3. The van der Waals surface area contributed by atoms with Gasteiger partial charge >= 0.3 is 5.97 Å². The van der Waals surface area contributed by atoms with E-state index in [-0.39, 0.29) is 29.6 Å². The number of rotatable bonds is 5. The number of H-pyrrole nitrogens is 1. The average Bonchev–Trinajstić information content (AvgIpc) is 3.43. The summed E-state index contributed by atoms with van der Waals surface area (Å²) in [6.45, 7) is 4.29. The highest BCUT2D eigenvalue weighted by molar-refractivity contribution is 5.95. The lowest BCUT2D eigenvalue weighted by Crippen LogP contribution is -2.45. The van der Waals surface area contributed by atoms with Crippen molar-refractivity contribution in [1.82, 2.24) is 19.5 Å². The standard InChI is InChI=1S/C27H29FN4O2/c1-14(2)32-8-7-18-22(10-19-15-3-5-16(6-4-15)25(19)27(33)34)31-23(11-24(18)32)21-13-30-26-20(21)9-17(28)12-29-26/h7-9,11-16,19,25H,3-6,10H2,1-2H3,(H,29,30)(H,33,34). The number of nitrogens with one attached hydrogen (secondary N) is 1. The van der Waals surface area contributed by atoms with Gasteiger partial charge in [0.15, 0.2) is 0 Å². The van der Waals surface area contributed by atoms with Crippen LogP contribution in [0.4, 0.5) is 4.39 Å². The van der Waals surface area contributed by atoms with Crippen LogP contribution in [0.5, 0.6) is 0 Å². The van der Waals surface area contributed by atoms with Crippen LogP contribution in [-0.4, -0.2) is 30.6 Å². The zero-order chi connectivity index (χ0) is 23.6. The number of pyridine rings is 2. The summed E-state index contributed by atoms with van der Waals surface area (Å²) in [5.41, 5.74) is 4.20. The SMILES string of the molecule is CC(C)n1ccc2c(CC3C4CCC(CC4)C3C(=O)O)nc(-c3c[nH]c4ncc(F)cc34)cc21. The smallest absolute Gasteiger partial charge is 0.307 e. The maximum absolute atomic E-state index is 14.0. The van der Waals surface area contributed by atoms with Crippen molar-refractivity contribution < 1.29 is 14.3 Å². The van der Waals surface area contributed by atoms with Crippen molar-refractivity contribution in [2.45, 2.75) is 52.0 Å². The molecule has 0 aromatic carbocycles. The number of halogens is 1. The Hall–Kier alpha value is -3.22. The summed E-state index contributed by atoms with van der Waals surface area (Å²) in [7, 11) is 0. The molecule has 4 aromatic rings. The van der Waals surface area contributed by atoms with Crippen molar-refractivity contribution in [3.63, 3.8) is 0 Å². The van der Waals surface area contributed by atoms with E-state index in [0.717, 1.165) is 53.5 Å². The van der Waals surface area contributed by atoms with Gasteiger partial charge in [-0.05, 0) is 81.9 Å². The number of hydrogen-bond donors (Lipinski definition) is 2. The number of carboxylic acids is 1. The highest BCUT2D eigenvalue weighted by atomic mass is 19.1. The van der Waals surface area contributed by atoms with E-state index in [0.29, 0.717) is 23.4 Å². The van der Waals surface area contributed by atoms with Gasteiger partial charge in [0, 0.05) is 34.8 Å². The second-order valence-corrected chi connectivity index (χ2v) is 10.4. The summed E-state index contributed by atoms with van der Waals surface area (Å²) < 4.78 is 16.2. The third-order valence-electron chi connectivity index (χ3n) is 8.23. The number of aliphatic carboxylic acids is 1. The van der Waals surface area contributed by atoms with E-state index in [1.807, 2.05) is 6.20 Å². The van der Waals surface area contributed by atoms with Gasteiger partial charge in [-0.15, -0.1) is 0 Å². The summed E-state index contributed by atoms with van der Waals surface area (Å²) in [6.07, 6.45) is 10.1. The van der Waals surface area contributed by atoms with Gasteiger partial charge in [0.05, 0.1) is 29.0 Å². The third-order valence-corrected chi connectivity index (χ3v) is 8.23. The van der Waals surface area contributed by atoms with Crippen LogP contribution in [-0.2, 0) is 11.2 Å². The summed E-state index contributed by atoms with van der Waals surface area (Å²) in [4.78, 5) is 24.7. The van der Waals surface area contributed by atoms with Crippen molar-refractivity contribution >= 4 is 27.9 Å². The molecule has 2 bridgehead atoms. The Kier molecular flexibility index (Phi) is 4.97. The van der Waals surface area contributed by atoms with Gasteiger partial charge in [-0.2, -0.15) is 0 Å². The lowest BCUT2D eigenvalue weighted by molar-refractivity contribution is -0.152. The van der Waals surface area contributed by atoms with Gasteiger partial charge in [0.25, 0.3) is 0 Å². The number of carbonyl (C=O) groups is 1. The number of nitrogens with zero attached hydrogens (tertiary/aromatic N) is 3. The highest BCUT2D eigenvalue weighted by Crippen LogP contribution is 2.50. The van der Waals surface area contributed by atoms with Crippen LogP contribution < -0.4 is 0 Å². The first-order chi connectivity index (χ1) is 16.4. The van der Waals surface area contributed by atoms with Crippen LogP contribution in [0.25, 0.3) is 33.2 Å². The third kappa shape index (κ3) is 3.32. The minimum absolute atomic E-state index is 0.0976. The minimum atomic E-state index is -0.662. The Morgan fingerprint density at radius 1 is 1.21 bits per heavy atom. The fourth-order valence-corrected chi connectivity index (χ4v) is 6.63. The maximum atomic E-state index is 14.0. The summed E-state index contributed by atoms with van der Waals surface area (Å²) in [6, 6.07) is 5.92. The van der Waals surface area contributed by atoms with Crippen molar-refractivity contribution in [3.05, 3.63) is 48.3 Å². The Labute approximate surface area is 197 Å². The fraction of sp³-hybridized carbons (Fsp3) is 0.444. The van der Waals surface area contributed by atoms with Crippen molar-refractivity contribution in [1.29, 1.82) is 0 Å². The number of hydrogen-bond acceptors (Lipinski definition) is 3. The van der Waals surface area contributed by atoms with Gasteiger partial charge < -0.3 is 14.7 Å². The molecule has 2 atom stereocenters. The predicted molar refractivity (Wildman–Crippen MR) is 129 cm³/mol. The van der Waals surface area contributed by atoms with Crippen LogP contribution in [0, 0.1) is 29.5 Å². The first-order valence-corrected chi connectivity index (χ1v) is 12.3. The topological polar surface area (TPSA) is 83.8 Å². The molecule has 176 valence electrons. The molecular formula is C27H29FN4O2. The van der Waals surface area contributed by atoms with Crippen molar-refractivity contribution in [2.75, 3.05) is 0 Å². The Balaban J connectivity index is 1.51. The van der Waals surface area contributed by atoms with Crippen LogP contribution in [0.2, 0.25) is 0 Å². The molecule has 7 heteroatoms. The summed E-state index contributed by atoms with van der Waals surface area (Å²) in [5.74, 6) is -0.543. The molecule has 2 unspecified atom stereocenters. The van der Waals surface area contributed by atoms with Crippen LogP contribution in [0.3, 0.4) is 0 Å². The molecule has 7 rings (SSSR count). The quantitative estimate of drug-likeness (QED) is 0.384. The molecule has 0 aliphatic heterocycles. The van der Waals surface area contributed by atoms with E-state index >= 15 is 0 Å². The fourth-order valence-electron chi connectivity index (χ4n) is 6.63. The highest BCUT2D eigenvalue weighted by Gasteiger charge is 2.47. The molecule has 4 heterocycles. The molecule has 3 saturated carbocycles.